The minimum atomic E-state index is -5.81. The standard InChI is InChI=1S/C38H51N2O18P3.2H3N/c1-4-6-7-8-9-10-11-12-23-50-38(44)56-32-19-15-30(16-20-32)26-53-61(49,52-25-29-13-17-31(18-14-29)55-35(41)5-2)58-60(47,48)57-59(45,46)51-27-33-21-22-34(54-33)40-24-28(3)36(42)39-37(40)43;;/h13-22,24,33-34H,4-12,23,25-27H2,1-3H3,(H,45,46)(H,47,48)(H,39,42,43);2*1H3/t33-,34+,61?;;/m0../s1. The zero-order valence-corrected chi connectivity index (χ0v) is 38.0. The van der Waals surface area contributed by atoms with Crippen LogP contribution < -0.4 is 33.0 Å². The molecule has 0 bridgehead atoms. The fraction of sp³-hybridized carbons (Fsp3) is 0.474. The number of nitrogens with one attached hydrogen (secondary N) is 1. The number of carbonyl (C=O) groups excluding carboxylic acids is 2. The molecule has 0 saturated carbocycles. The molecular formula is C38H57N4O18P3. The fourth-order valence-electron chi connectivity index (χ4n) is 5.40. The minimum Gasteiger partial charge on any atom is -0.434 e. The lowest BCUT2D eigenvalue weighted by Gasteiger charge is -2.22. The normalized spacial score (nSPS) is 17.3. The smallest absolute Gasteiger partial charge is 0.434 e. The molecule has 0 saturated heterocycles. The summed E-state index contributed by atoms with van der Waals surface area (Å²) in [6.07, 6.45) is 9.82. The van der Waals surface area contributed by atoms with Crippen LogP contribution in [0.5, 0.6) is 11.5 Å². The average molecular weight is 951 g/mol. The SMILES string of the molecule is CCCCCCCCCCOC(=O)Oc1ccc(COP(=O)(OCc2ccc(OC(=O)CC)cc2)OP(=O)(O)OP(=O)(O)OC[C@@H]2C=C[C@H](n3cc(C)c(=O)[nH]c3=O)O2)cc1.N.N. The number of H-pyrrole nitrogens is 1. The summed E-state index contributed by atoms with van der Waals surface area (Å²) in [4.78, 5) is 70.6. The first-order chi connectivity index (χ1) is 29.0. The zero-order chi connectivity index (χ0) is 44.5. The van der Waals surface area contributed by atoms with Crippen molar-refractivity contribution in [1.29, 1.82) is 0 Å². The van der Waals surface area contributed by atoms with E-state index in [0.29, 0.717) is 17.5 Å². The maximum absolute atomic E-state index is 13.8. The number of aromatic nitrogens is 2. The molecule has 9 N–H and O–H groups in total. The van der Waals surface area contributed by atoms with Crippen LogP contribution in [0.25, 0.3) is 0 Å². The van der Waals surface area contributed by atoms with E-state index in [2.05, 4.69) is 16.2 Å². The molecule has 2 aromatic carbocycles. The molecule has 25 heteroatoms. The van der Waals surface area contributed by atoms with Crippen molar-refractivity contribution in [3.63, 3.8) is 0 Å². The van der Waals surface area contributed by atoms with E-state index < -0.39 is 79.0 Å². The van der Waals surface area contributed by atoms with Crippen LogP contribution in [0.3, 0.4) is 0 Å². The van der Waals surface area contributed by atoms with Crippen LogP contribution >= 0.6 is 23.5 Å². The van der Waals surface area contributed by atoms with Gasteiger partial charge in [-0.15, -0.1) is 0 Å². The number of aryl methyl sites for hydroxylation is 1. The van der Waals surface area contributed by atoms with Crippen molar-refractivity contribution in [2.24, 2.45) is 0 Å². The van der Waals surface area contributed by atoms with Gasteiger partial charge in [-0.05, 0) is 54.8 Å². The molecule has 352 valence electrons. The summed E-state index contributed by atoms with van der Waals surface area (Å²) in [5.41, 5.74) is -0.553. The number of benzene rings is 2. The van der Waals surface area contributed by atoms with Gasteiger partial charge in [0, 0.05) is 18.2 Å². The van der Waals surface area contributed by atoms with Gasteiger partial charge in [0.1, 0.15) is 17.6 Å². The lowest BCUT2D eigenvalue weighted by Crippen LogP contribution is -2.33. The van der Waals surface area contributed by atoms with Crippen LogP contribution in [0, 0.1) is 6.92 Å². The maximum Gasteiger partial charge on any atom is 0.513 e. The van der Waals surface area contributed by atoms with Gasteiger partial charge in [-0.3, -0.25) is 32.7 Å². The van der Waals surface area contributed by atoms with Crippen molar-refractivity contribution in [3.05, 3.63) is 104 Å². The van der Waals surface area contributed by atoms with Gasteiger partial charge < -0.3 is 41.0 Å². The molecule has 22 nitrogen and oxygen atoms in total. The predicted molar refractivity (Wildman–Crippen MR) is 228 cm³/mol. The molecule has 1 aliphatic heterocycles. The summed E-state index contributed by atoms with van der Waals surface area (Å²) >= 11 is 0. The maximum atomic E-state index is 13.8. The molecule has 4 rings (SSSR count). The summed E-state index contributed by atoms with van der Waals surface area (Å²) in [6.45, 7) is 3.58. The summed E-state index contributed by atoms with van der Waals surface area (Å²) in [5, 5.41) is 0. The molecular weight excluding hydrogens is 893 g/mol. The third kappa shape index (κ3) is 19.7. The fourth-order valence-corrected chi connectivity index (χ4v) is 9.43. The molecule has 63 heavy (non-hydrogen) atoms. The van der Waals surface area contributed by atoms with Gasteiger partial charge in [-0.1, -0.05) is 89.1 Å². The number of ether oxygens (including phenoxy) is 4. The molecule has 0 aliphatic carbocycles. The Bertz CT molecular complexity index is 2200. The van der Waals surface area contributed by atoms with Crippen molar-refractivity contribution in [2.45, 2.75) is 104 Å². The first-order valence-electron chi connectivity index (χ1n) is 19.5. The lowest BCUT2D eigenvalue weighted by atomic mass is 10.1. The highest BCUT2D eigenvalue weighted by Crippen LogP contribution is 2.69. The Kier molecular flexibility index (Phi) is 23.3. The number of hydrogen-bond acceptors (Lipinski definition) is 18. The number of carbonyl (C=O) groups is 2. The van der Waals surface area contributed by atoms with Crippen LogP contribution in [0.15, 0.2) is 76.5 Å². The lowest BCUT2D eigenvalue weighted by molar-refractivity contribution is -0.134. The van der Waals surface area contributed by atoms with E-state index in [9.17, 15) is 42.7 Å². The second-order valence-electron chi connectivity index (χ2n) is 13.6. The first-order valence-corrected chi connectivity index (χ1v) is 23.9. The van der Waals surface area contributed by atoms with Gasteiger partial charge in [0.2, 0.25) is 0 Å². The van der Waals surface area contributed by atoms with Gasteiger partial charge in [0.25, 0.3) is 5.56 Å². The third-order valence-electron chi connectivity index (χ3n) is 8.60. The van der Waals surface area contributed by atoms with Gasteiger partial charge in [0.05, 0.1) is 26.4 Å². The highest BCUT2D eigenvalue weighted by molar-refractivity contribution is 7.67. The second kappa shape index (κ2) is 26.6. The van der Waals surface area contributed by atoms with Gasteiger partial charge >= 0.3 is 41.3 Å². The van der Waals surface area contributed by atoms with Crippen molar-refractivity contribution in [1.82, 2.24) is 21.9 Å². The zero-order valence-electron chi connectivity index (χ0n) is 35.3. The number of phosphoric ester groups is 2. The van der Waals surface area contributed by atoms with E-state index in [4.69, 9.17) is 36.8 Å². The number of rotatable bonds is 26. The Labute approximate surface area is 364 Å². The largest absolute Gasteiger partial charge is 0.513 e. The average Bonchev–Trinajstić information content (AvgIpc) is 3.69. The summed E-state index contributed by atoms with van der Waals surface area (Å²) in [7, 11) is -16.4. The summed E-state index contributed by atoms with van der Waals surface area (Å²) < 4.78 is 86.4. The van der Waals surface area contributed by atoms with E-state index in [1.165, 1.54) is 99.5 Å². The predicted octanol–water partition coefficient (Wildman–Crippen LogP) is 8.39. The van der Waals surface area contributed by atoms with E-state index >= 15 is 0 Å². The monoisotopic (exact) mass is 950 g/mol. The highest BCUT2D eigenvalue weighted by Gasteiger charge is 2.44. The molecule has 5 atom stereocenters. The third-order valence-corrected chi connectivity index (χ3v) is 13.2. The number of nitrogens with zero attached hydrogens (tertiary/aromatic N) is 1. The Morgan fingerprint density at radius 3 is 1.87 bits per heavy atom. The molecule has 2 heterocycles. The van der Waals surface area contributed by atoms with E-state index in [1.54, 1.807) is 6.92 Å². The molecule has 1 aliphatic rings. The van der Waals surface area contributed by atoms with Crippen LogP contribution in [-0.4, -0.2) is 50.8 Å². The molecule has 0 radical (unpaired) electrons. The quantitative estimate of drug-likeness (QED) is 0.0126. The highest BCUT2D eigenvalue weighted by atomic mass is 31.3. The van der Waals surface area contributed by atoms with Gasteiger partial charge in [-0.2, -0.15) is 8.62 Å². The number of aromatic amines is 1. The number of esters is 1. The summed E-state index contributed by atoms with van der Waals surface area (Å²) in [6, 6.07) is 11.3. The van der Waals surface area contributed by atoms with Crippen molar-refractivity contribution in [2.75, 3.05) is 13.2 Å². The van der Waals surface area contributed by atoms with E-state index in [1.807, 2.05) is 0 Å². The summed E-state index contributed by atoms with van der Waals surface area (Å²) in [5.74, 6) is -0.159. The Morgan fingerprint density at radius 2 is 1.30 bits per heavy atom. The van der Waals surface area contributed by atoms with Crippen LogP contribution in [0.1, 0.15) is 94.6 Å². The van der Waals surface area contributed by atoms with Gasteiger partial charge in [0.15, 0.2) is 6.23 Å². The van der Waals surface area contributed by atoms with E-state index in [0.717, 1.165) is 23.8 Å². The van der Waals surface area contributed by atoms with Crippen molar-refractivity contribution >= 4 is 35.6 Å². The van der Waals surface area contributed by atoms with Crippen LogP contribution in [0.2, 0.25) is 0 Å². The molecule has 0 amide bonds. The molecule has 0 fully saturated rings. The van der Waals surface area contributed by atoms with Crippen LogP contribution in [0.4, 0.5) is 4.79 Å². The Balaban J connectivity index is 0.00000683. The van der Waals surface area contributed by atoms with Gasteiger partial charge in [-0.25, -0.2) is 23.3 Å². The molecule has 3 unspecified atom stereocenters. The Hall–Kier alpha value is -4.11. The van der Waals surface area contributed by atoms with Crippen molar-refractivity contribution < 1.29 is 74.2 Å². The Morgan fingerprint density at radius 1 is 0.746 bits per heavy atom. The van der Waals surface area contributed by atoms with Crippen molar-refractivity contribution in [3.8, 4) is 11.5 Å². The van der Waals surface area contributed by atoms with Crippen LogP contribution in [-0.2, 0) is 63.4 Å². The van der Waals surface area contributed by atoms with E-state index in [-0.39, 0.29) is 42.4 Å². The molecule has 1 aromatic heterocycles. The first kappa shape index (κ1) is 55.0. The topological polar surface area (TPSA) is 334 Å². The minimum absolute atomic E-state index is 0. The second-order valence-corrected chi connectivity index (χ2v) is 18.5. The number of unbranched alkanes of at least 4 members (excludes halogenated alkanes) is 7. The molecule has 3 aromatic rings. The number of hydrogen-bond donors (Lipinski definition) is 5. The molecule has 0 spiro atoms. The number of phosphoric acid groups is 3.